The molecule has 166 valence electrons. The number of benzene rings is 1. The Balaban J connectivity index is 1.39. The molecule has 0 unspecified atom stereocenters. The highest BCUT2D eigenvalue weighted by atomic mass is 19.1. The maximum absolute atomic E-state index is 13.0. The molecule has 32 heavy (non-hydrogen) atoms. The molecule has 1 saturated heterocycles. The number of ether oxygens (including phenoxy) is 1. The summed E-state index contributed by atoms with van der Waals surface area (Å²) in [6.07, 6.45) is 2.91. The highest BCUT2D eigenvalue weighted by Gasteiger charge is 2.27. The fraction of sp³-hybridized carbons (Fsp3) is 0.261. The molecule has 0 bridgehead atoms. The minimum atomic E-state index is -0.416. The maximum Gasteiger partial charge on any atom is 0.289 e. The van der Waals surface area contributed by atoms with Crippen LogP contribution < -0.4 is 10.2 Å². The van der Waals surface area contributed by atoms with Crippen LogP contribution in [0.5, 0.6) is 5.75 Å². The standard InChI is InChI=1S/C23H22FN3O5/c1-25-14-21(32-15-16-4-6-17(24)7-5-16)19(28)13-18(25)22(29)26-8-10-27(11-9-26)23(30)20-3-2-12-31-20/h2-7,12-14H,8-11,15H2,1H3. The third-order valence-electron chi connectivity index (χ3n) is 5.31. The van der Waals surface area contributed by atoms with Crippen LogP contribution >= 0.6 is 0 Å². The van der Waals surface area contributed by atoms with Crippen molar-refractivity contribution in [3.63, 3.8) is 0 Å². The van der Waals surface area contributed by atoms with E-state index >= 15 is 0 Å². The van der Waals surface area contributed by atoms with Crippen molar-refractivity contribution in [2.75, 3.05) is 26.2 Å². The number of hydrogen-bond donors (Lipinski definition) is 0. The van der Waals surface area contributed by atoms with Gasteiger partial charge in [0.2, 0.25) is 5.43 Å². The Kier molecular flexibility index (Phi) is 6.07. The number of furan rings is 1. The Hall–Kier alpha value is -3.88. The predicted octanol–water partition coefficient (Wildman–Crippen LogP) is 2.29. The van der Waals surface area contributed by atoms with E-state index in [2.05, 4.69) is 0 Å². The van der Waals surface area contributed by atoms with Crippen molar-refractivity contribution in [1.82, 2.24) is 14.4 Å². The van der Waals surface area contributed by atoms with Gasteiger partial charge in [-0.3, -0.25) is 14.4 Å². The Bertz CT molecular complexity index is 1160. The molecule has 8 nitrogen and oxygen atoms in total. The smallest absolute Gasteiger partial charge is 0.289 e. The van der Waals surface area contributed by atoms with Gasteiger partial charge in [0.15, 0.2) is 11.5 Å². The van der Waals surface area contributed by atoms with Gasteiger partial charge in [-0.05, 0) is 29.8 Å². The van der Waals surface area contributed by atoms with Crippen molar-refractivity contribution in [1.29, 1.82) is 0 Å². The molecule has 4 rings (SSSR count). The third-order valence-corrected chi connectivity index (χ3v) is 5.31. The highest BCUT2D eigenvalue weighted by molar-refractivity contribution is 5.94. The molecule has 0 atom stereocenters. The fourth-order valence-electron chi connectivity index (χ4n) is 3.50. The van der Waals surface area contributed by atoms with Gasteiger partial charge in [-0.25, -0.2) is 4.39 Å². The van der Waals surface area contributed by atoms with Gasteiger partial charge in [0.25, 0.3) is 11.8 Å². The van der Waals surface area contributed by atoms with E-state index in [1.165, 1.54) is 30.7 Å². The van der Waals surface area contributed by atoms with Crippen LogP contribution in [0.1, 0.15) is 26.6 Å². The molecule has 2 amide bonds. The first-order valence-corrected chi connectivity index (χ1v) is 10.1. The van der Waals surface area contributed by atoms with Crippen LogP contribution in [0, 0.1) is 5.82 Å². The second kappa shape index (κ2) is 9.09. The summed E-state index contributed by atoms with van der Waals surface area (Å²) in [5.41, 5.74) is 0.533. The fourth-order valence-corrected chi connectivity index (χ4v) is 3.50. The van der Waals surface area contributed by atoms with Crippen molar-refractivity contribution in [3.8, 4) is 5.75 Å². The quantitative estimate of drug-likeness (QED) is 0.609. The van der Waals surface area contributed by atoms with Gasteiger partial charge in [0.05, 0.1) is 12.5 Å². The van der Waals surface area contributed by atoms with Gasteiger partial charge in [0.1, 0.15) is 18.1 Å². The molecule has 1 fully saturated rings. The first-order chi connectivity index (χ1) is 15.4. The first-order valence-electron chi connectivity index (χ1n) is 10.1. The second-order valence-electron chi connectivity index (χ2n) is 7.47. The summed E-state index contributed by atoms with van der Waals surface area (Å²) in [5, 5.41) is 0. The topological polar surface area (TPSA) is 85.0 Å². The Labute approximate surface area is 183 Å². The molecule has 1 aliphatic heterocycles. The zero-order valence-corrected chi connectivity index (χ0v) is 17.5. The molecule has 3 aromatic rings. The Morgan fingerprint density at radius 2 is 1.69 bits per heavy atom. The van der Waals surface area contributed by atoms with Crippen LogP contribution in [0.3, 0.4) is 0 Å². The molecular weight excluding hydrogens is 417 g/mol. The number of hydrogen-bond acceptors (Lipinski definition) is 5. The highest BCUT2D eigenvalue weighted by Crippen LogP contribution is 2.14. The van der Waals surface area contributed by atoms with Crippen LogP contribution in [0.2, 0.25) is 0 Å². The number of nitrogens with zero attached hydrogens (tertiary/aromatic N) is 3. The van der Waals surface area contributed by atoms with Crippen LogP contribution in [0.25, 0.3) is 0 Å². The SMILES string of the molecule is Cn1cc(OCc2ccc(F)cc2)c(=O)cc1C(=O)N1CCN(C(=O)c2ccco2)CC1. The van der Waals surface area contributed by atoms with Gasteiger partial charge >= 0.3 is 0 Å². The largest absolute Gasteiger partial charge is 0.483 e. The number of aryl methyl sites for hydroxylation is 1. The van der Waals surface area contributed by atoms with Gasteiger partial charge in [-0.2, -0.15) is 0 Å². The number of aromatic nitrogens is 1. The molecule has 0 aliphatic carbocycles. The number of carbonyl (C=O) groups is 2. The van der Waals surface area contributed by atoms with E-state index in [9.17, 15) is 18.8 Å². The molecule has 0 saturated carbocycles. The summed E-state index contributed by atoms with van der Waals surface area (Å²) in [4.78, 5) is 41.1. The molecule has 1 aliphatic rings. The minimum absolute atomic E-state index is 0.0993. The zero-order valence-electron chi connectivity index (χ0n) is 17.5. The number of rotatable bonds is 5. The minimum Gasteiger partial charge on any atom is -0.483 e. The van der Waals surface area contributed by atoms with Crippen LogP contribution in [0.15, 0.2) is 64.1 Å². The van der Waals surface area contributed by atoms with Crippen LogP contribution in [-0.4, -0.2) is 52.4 Å². The molecule has 9 heteroatoms. The van der Waals surface area contributed by atoms with Crippen molar-refractivity contribution in [2.24, 2.45) is 7.05 Å². The molecule has 0 radical (unpaired) electrons. The summed E-state index contributed by atoms with van der Waals surface area (Å²) in [6, 6.07) is 10.3. The van der Waals surface area contributed by atoms with Crippen molar-refractivity contribution >= 4 is 11.8 Å². The number of carbonyl (C=O) groups excluding carboxylic acids is 2. The second-order valence-corrected chi connectivity index (χ2v) is 7.47. The van der Waals surface area contributed by atoms with Gasteiger partial charge in [-0.1, -0.05) is 12.1 Å². The molecular formula is C23H22FN3O5. The van der Waals surface area contributed by atoms with Gasteiger partial charge in [-0.15, -0.1) is 0 Å². The third kappa shape index (κ3) is 4.56. The Morgan fingerprint density at radius 1 is 1.03 bits per heavy atom. The summed E-state index contributed by atoms with van der Waals surface area (Å²) < 4.78 is 25.3. The zero-order chi connectivity index (χ0) is 22.7. The van der Waals surface area contributed by atoms with Gasteiger partial charge in [0, 0.05) is 39.3 Å². The summed E-state index contributed by atoms with van der Waals surface area (Å²) >= 11 is 0. The first kappa shape index (κ1) is 21.4. The molecule has 0 N–H and O–H groups in total. The maximum atomic E-state index is 13.0. The average Bonchev–Trinajstić information content (AvgIpc) is 3.34. The van der Waals surface area contributed by atoms with Crippen molar-refractivity contribution in [2.45, 2.75) is 6.61 Å². The van der Waals surface area contributed by atoms with Crippen LogP contribution in [-0.2, 0) is 13.7 Å². The lowest BCUT2D eigenvalue weighted by molar-refractivity contribution is 0.0512. The molecule has 2 aromatic heterocycles. The summed E-state index contributed by atoms with van der Waals surface area (Å²) in [7, 11) is 1.66. The van der Waals surface area contributed by atoms with E-state index in [4.69, 9.17) is 9.15 Å². The predicted molar refractivity (Wildman–Crippen MR) is 113 cm³/mol. The number of halogens is 1. The number of piperazine rings is 1. The van der Waals surface area contributed by atoms with Crippen LogP contribution in [0.4, 0.5) is 4.39 Å². The normalized spacial score (nSPS) is 13.8. The van der Waals surface area contributed by atoms with E-state index in [1.54, 1.807) is 45.7 Å². The Morgan fingerprint density at radius 3 is 2.31 bits per heavy atom. The monoisotopic (exact) mass is 439 g/mol. The van der Waals surface area contributed by atoms with Gasteiger partial charge < -0.3 is 23.5 Å². The van der Waals surface area contributed by atoms with E-state index in [-0.39, 0.29) is 41.4 Å². The number of pyridine rings is 1. The van der Waals surface area contributed by atoms with E-state index in [0.717, 1.165) is 5.56 Å². The lowest BCUT2D eigenvalue weighted by atomic mass is 10.2. The lowest BCUT2D eigenvalue weighted by Crippen LogP contribution is -2.51. The lowest BCUT2D eigenvalue weighted by Gasteiger charge is -2.34. The molecule has 3 heterocycles. The van der Waals surface area contributed by atoms with E-state index in [0.29, 0.717) is 26.2 Å². The molecule has 1 aromatic carbocycles. The van der Waals surface area contributed by atoms with E-state index in [1.807, 2.05) is 0 Å². The van der Waals surface area contributed by atoms with Crippen molar-refractivity contribution in [3.05, 3.63) is 88.0 Å². The van der Waals surface area contributed by atoms with Crippen molar-refractivity contribution < 1.29 is 23.1 Å². The summed E-state index contributed by atoms with van der Waals surface area (Å²) in [6.45, 7) is 1.55. The summed E-state index contributed by atoms with van der Waals surface area (Å²) in [5.74, 6) is -0.485. The van der Waals surface area contributed by atoms with E-state index < -0.39 is 5.43 Å². The average molecular weight is 439 g/mol. The number of amides is 2. The molecule has 0 spiro atoms.